The molecule has 6 nitrogen and oxygen atoms in total. The summed E-state index contributed by atoms with van der Waals surface area (Å²) in [5, 5.41) is 14.6. The van der Waals surface area contributed by atoms with Crippen molar-refractivity contribution in [2.45, 2.75) is 26.7 Å². The van der Waals surface area contributed by atoms with Crippen LogP contribution in [0.15, 0.2) is 24.3 Å². The number of amides is 2. The lowest BCUT2D eigenvalue weighted by atomic mass is 10.2. The van der Waals surface area contributed by atoms with E-state index >= 15 is 0 Å². The lowest BCUT2D eigenvalue weighted by Gasteiger charge is -2.05. The number of hydrogen-bond acceptors (Lipinski definition) is 5. The standard InChI is InChI=1S/C14H16N4O2S/c1-3-11(19)15-10-7-5-9(6-8-10)13(20)16-14-18-17-12(4-2)21-14/h5-8H,3-4H2,1-2H3,(H,15,19)(H,16,18,20). The zero-order valence-corrected chi connectivity index (χ0v) is 12.7. The maximum atomic E-state index is 12.0. The average molecular weight is 304 g/mol. The molecule has 1 aromatic heterocycles. The number of benzene rings is 1. The van der Waals surface area contributed by atoms with Crippen molar-refractivity contribution in [1.29, 1.82) is 0 Å². The molecule has 110 valence electrons. The molecule has 0 spiro atoms. The summed E-state index contributed by atoms with van der Waals surface area (Å²) in [5.41, 5.74) is 1.17. The molecule has 1 heterocycles. The van der Waals surface area contributed by atoms with E-state index in [0.29, 0.717) is 22.8 Å². The Hall–Kier alpha value is -2.28. The zero-order chi connectivity index (χ0) is 15.2. The molecule has 0 unspecified atom stereocenters. The lowest BCUT2D eigenvalue weighted by Crippen LogP contribution is -2.12. The van der Waals surface area contributed by atoms with Crippen molar-refractivity contribution in [3.63, 3.8) is 0 Å². The normalized spacial score (nSPS) is 10.2. The number of rotatable bonds is 5. The van der Waals surface area contributed by atoms with Crippen LogP contribution in [0.2, 0.25) is 0 Å². The van der Waals surface area contributed by atoms with Crippen molar-refractivity contribution in [3.05, 3.63) is 34.8 Å². The van der Waals surface area contributed by atoms with Gasteiger partial charge in [-0.3, -0.25) is 14.9 Å². The van der Waals surface area contributed by atoms with Crippen LogP contribution in [0.25, 0.3) is 0 Å². The highest BCUT2D eigenvalue weighted by Gasteiger charge is 2.10. The molecule has 7 heteroatoms. The van der Waals surface area contributed by atoms with Gasteiger partial charge in [0, 0.05) is 17.7 Å². The topological polar surface area (TPSA) is 84.0 Å². The molecule has 0 atom stereocenters. The first-order valence-corrected chi connectivity index (χ1v) is 7.47. The van der Waals surface area contributed by atoms with Crippen molar-refractivity contribution in [2.24, 2.45) is 0 Å². The first kappa shape index (κ1) is 15.1. The van der Waals surface area contributed by atoms with E-state index < -0.39 is 0 Å². The molecule has 0 aliphatic rings. The fourth-order valence-electron chi connectivity index (χ4n) is 1.57. The summed E-state index contributed by atoms with van der Waals surface area (Å²) in [6.45, 7) is 3.76. The minimum Gasteiger partial charge on any atom is -0.326 e. The fourth-order valence-corrected chi connectivity index (χ4v) is 2.25. The Morgan fingerprint density at radius 2 is 1.81 bits per heavy atom. The van der Waals surface area contributed by atoms with Gasteiger partial charge in [0.1, 0.15) is 5.01 Å². The summed E-state index contributed by atoms with van der Waals surface area (Å²) >= 11 is 1.36. The minimum absolute atomic E-state index is 0.0619. The molecule has 0 saturated carbocycles. The highest BCUT2D eigenvalue weighted by atomic mass is 32.1. The number of nitrogens with zero attached hydrogens (tertiary/aromatic N) is 2. The van der Waals surface area contributed by atoms with Crippen LogP contribution in [-0.4, -0.2) is 22.0 Å². The SMILES string of the molecule is CCC(=O)Nc1ccc(C(=O)Nc2nnc(CC)s2)cc1. The van der Waals surface area contributed by atoms with Gasteiger partial charge in [0.25, 0.3) is 5.91 Å². The molecule has 2 N–H and O–H groups in total. The van der Waals surface area contributed by atoms with Crippen LogP contribution in [0.3, 0.4) is 0 Å². The molecular weight excluding hydrogens is 288 g/mol. The number of aryl methyl sites for hydroxylation is 1. The van der Waals surface area contributed by atoms with Crippen LogP contribution in [-0.2, 0) is 11.2 Å². The van der Waals surface area contributed by atoms with Crippen LogP contribution in [0.1, 0.15) is 35.6 Å². The van der Waals surface area contributed by atoms with Gasteiger partial charge in [0.2, 0.25) is 11.0 Å². The largest absolute Gasteiger partial charge is 0.326 e. The van der Waals surface area contributed by atoms with Crippen LogP contribution < -0.4 is 10.6 Å². The maximum Gasteiger partial charge on any atom is 0.257 e. The second-order valence-corrected chi connectivity index (χ2v) is 5.35. The number of anilines is 2. The molecule has 0 fully saturated rings. The molecule has 0 saturated heterocycles. The Bertz CT molecular complexity index is 637. The van der Waals surface area contributed by atoms with Gasteiger partial charge in [0.05, 0.1) is 0 Å². The number of carbonyl (C=O) groups excluding carboxylic acids is 2. The van der Waals surface area contributed by atoms with Crippen LogP contribution >= 0.6 is 11.3 Å². The Balaban J connectivity index is 2.00. The second-order valence-electron chi connectivity index (χ2n) is 4.29. The van der Waals surface area contributed by atoms with Crippen molar-refractivity contribution in [3.8, 4) is 0 Å². The summed E-state index contributed by atoms with van der Waals surface area (Å²) in [6.07, 6.45) is 1.21. The van der Waals surface area contributed by atoms with Gasteiger partial charge in [-0.1, -0.05) is 25.2 Å². The van der Waals surface area contributed by atoms with E-state index in [1.807, 2.05) is 6.92 Å². The highest BCUT2D eigenvalue weighted by molar-refractivity contribution is 7.15. The molecule has 0 aliphatic carbocycles. The summed E-state index contributed by atoms with van der Waals surface area (Å²) in [4.78, 5) is 23.3. The molecule has 2 aromatic rings. The smallest absolute Gasteiger partial charge is 0.257 e. The highest BCUT2D eigenvalue weighted by Crippen LogP contribution is 2.17. The third-order valence-electron chi connectivity index (χ3n) is 2.74. The molecule has 0 bridgehead atoms. The molecule has 1 aromatic carbocycles. The van der Waals surface area contributed by atoms with E-state index in [2.05, 4.69) is 20.8 Å². The van der Waals surface area contributed by atoms with Crippen molar-refractivity contribution < 1.29 is 9.59 Å². The third-order valence-corrected chi connectivity index (χ3v) is 3.72. The zero-order valence-electron chi connectivity index (χ0n) is 11.8. The van der Waals surface area contributed by atoms with E-state index in [0.717, 1.165) is 11.4 Å². The van der Waals surface area contributed by atoms with E-state index in [1.165, 1.54) is 11.3 Å². The number of carbonyl (C=O) groups is 2. The van der Waals surface area contributed by atoms with Gasteiger partial charge in [-0.2, -0.15) is 0 Å². The van der Waals surface area contributed by atoms with Gasteiger partial charge in [0.15, 0.2) is 0 Å². The Labute approximate surface area is 126 Å². The predicted octanol–water partition coefficient (Wildman–Crippen LogP) is 2.70. The van der Waals surface area contributed by atoms with E-state index in [4.69, 9.17) is 0 Å². The summed E-state index contributed by atoms with van der Waals surface area (Å²) < 4.78 is 0. The Kier molecular flexibility index (Phi) is 4.99. The van der Waals surface area contributed by atoms with Crippen LogP contribution in [0, 0.1) is 0 Å². The van der Waals surface area contributed by atoms with E-state index in [9.17, 15) is 9.59 Å². The van der Waals surface area contributed by atoms with E-state index in [1.54, 1.807) is 31.2 Å². The number of hydrogen-bond donors (Lipinski definition) is 2. The van der Waals surface area contributed by atoms with E-state index in [-0.39, 0.29) is 11.8 Å². The lowest BCUT2D eigenvalue weighted by molar-refractivity contribution is -0.115. The van der Waals surface area contributed by atoms with Gasteiger partial charge in [-0.05, 0) is 30.7 Å². The molecule has 2 amide bonds. The first-order valence-electron chi connectivity index (χ1n) is 6.66. The summed E-state index contributed by atoms with van der Waals surface area (Å²) in [7, 11) is 0. The summed E-state index contributed by atoms with van der Waals surface area (Å²) in [6, 6.07) is 6.70. The minimum atomic E-state index is -0.248. The van der Waals surface area contributed by atoms with Gasteiger partial charge in [-0.15, -0.1) is 10.2 Å². The predicted molar refractivity (Wildman–Crippen MR) is 82.6 cm³/mol. The van der Waals surface area contributed by atoms with Gasteiger partial charge in [-0.25, -0.2) is 0 Å². The van der Waals surface area contributed by atoms with Crippen LogP contribution in [0.4, 0.5) is 10.8 Å². The van der Waals surface area contributed by atoms with Crippen molar-refractivity contribution in [2.75, 3.05) is 10.6 Å². The second kappa shape index (κ2) is 6.94. The fraction of sp³-hybridized carbons (Fsp3) is 0.286. The number of nitrogens with one attached hydrogen (secondary N) is 2. The molecule has 2 rings (SSSR count). The molecular formula is C14H16N4O2S. The molecule has 21 heavy (non-hydrogen) atoms. The van der Waals surface area contributed by atoms with Gasteiger partial charge < -0.3 is 5.32 Å². The average Bonchev–Trinajstić information content (AvgIpc) is 2.95. The van der Waals surface area contributed by atoms with Crippen molar-refractivity contribution in [1.82, 2.24) is 10.2 Å². The van der Waals surface area contributed by atoms with Crippen LogP contribution in [0.5, 0.6) is 0 Å². The monoisotopic (exact) mass is 304 g/mol. The Morgan fingerprint density at radius 1 is 1.10 bits per heavy atom. The molecule has 0 radical (unpaired) electrons. The first-order chi connectivity index (χ1) is 10.1. The Morgan fingerprint density at radius 3 is 2.38 bits per heavy atom. The quantitative estimate of drug-likeness (QED) is 0.889. The van der Waals surface area contributed by atoms with Crippen molar-refractivity contribution >= 4 is 34.0 Å². The third kappa shape index (κ3) is 4.09. The van der Waals surface area contributed by atoms with Gasteiger partial charge >= 0.3 is 0 Å². The summed E-state index contributed by atoms with van der Waals surface area (Å²) in [5.74, 6) is -0.310. The molecule has 0 aliphatic heterocycles. The number of aromatic nitrogens is 2. The maximum absolute atomic E-state index is 12.0.